The van der Waals surface area contributed by atoms with Crippen molar-refractivity contribution in [3.63, 3.8) is 0 Å². The van der Waals surface area contributed by atoms with Gasteiger partial charge >= 0.3 is 0 Å². The molecule has 96 valence electrons. The number of hydrogen-bond acceptors (Lipinski definition) is 2. The highest BCUT2D eigenvalue weighted by Crippen LogP contribution is 2.29. The van der Waals surface area contributed by atoms with Crippen molar-refractivity contribution in [1.82, 2.24) is 0 Å². The molecule has 0 unspecified atom stereocenters. The van der Waals surface area contributed by atoms with Crippen molar-refractivity contribution in [2.45, 2.75) is 51.4 Å². The van der Waals surface area contributed by atoms with Gasteiger partial charge in [0.05, 0.1) is 52.1 Å². The second-order valence-electron chi connectivity index (χ2n) is 6.70. The number of quaternary nitrogens is 1. The summed E-state index contributed by atoms with van der Waals surface area (Å²) in [5.41, 5.74) is -0.0478. The van der Waals surface area contributed by atoms with Crippen molar-refractivity contribution in [1.29, 1.82) is 0 Å². The molecule has 0 aromatic carbocycles. The van der Waals surface area contributed by atoms with Crippen molar-refractivity contribution >= 4 is 0 Å². The first-order valence-corrected chi connectivity index (χ1v) is 6.25. The molecule has 1 fully saturated rings. The second kappa shape index (κ2) is 5.03. The zero-order valence-corrected chi connectivity index (χ0v) is 11.7. The Morgan fingerprint density at radius 3 is 2.06 bits per heavy atom. The summed E-state index contributed by atoms with van der Waals surface area (Å²) in [7, 11) is 6.76. The van der Waals surface area contributed by atoms with Crippen LogP contribution in [0.5, 0.6) is 0 Å². The van der Waals surface area contributed by atoms with E-state index < -0.39 is 0 Å². The largest absolute Gasteiger partial charge is 0.375 e. The van der Waals surface area contributed by atoms with Gasteiger partial charge in [-0.25, -0.2) is 0 Å². The molecule has 0 N–H and O–H groups in total. The van der Waals surface area contributed by atoms with E-state index in [2.05, 4.69) is 41.9 Å². The third-order valence-electron chi connectivity index (χ3n) is 3.14. The summed E-state index contributed by atoms with van der Waals surface area (Å²) in [6, 6.07) is 0.772. The highest BCUT2D eigenvalue weighted by atomic mass is 16.5. The summed E-state index contributed by atoms with van der Waals surface area (Å²) in [6.45, 7) is 7.65. The lowest BCUT2D eigenvalue weighted by Gasteiger charge is -2.44. The molecule has 3 nitrogen and oxygen atoms in total. The van der Waals surface area contributed by atoms with E-state index >= 15 is 0 Å². The molecule has 1 saturated carbocycles. The number of hydrogen-bond donors (Lipinski definition) is 0. The van der Waals surface area contributed by atoms with Gasteiger partial charge in [-0.05, 0) is 20.8 Å². The number of nitrogens with zero attached hydrogens (tertiary/aromatic N) is 1. The van der Waals surface area contributed by atoms with Crippen LogP contribution in [0.2, 0.25) is 0 Å². The smallest absolute Gasteiger partial charge is 0.0934 e. The van der Waals surface area contributed by atoms with Crippen LogP contribution in [0, 0.1) is 0 Å². The second-order valence-corrected chi connectivity index (χ2v) is 6.70. The van der Waals surface area contributed by atoms with Gasteiger partial charge in [0.15, 0.2) is 0 Å². The van der Waals surface area contributed by atoms with E-state index in [-0.39, 0.29) is 5.60 Å². The molecule has 0 aromatic rings. The van der Waals surface area contributed by atoms with E-state index in [1.807, 2.05) is 0 Å². The summed E-state index contributed by atoms with van der Waals surface area (Å²) in [5.74, 6) is 0. The number of ether oxygens (including phenoxy) is 2. The van der Waals surface area contributed by atoms with Crippen LogP contribution in [0.1, 0.15) is 33.6 Å². The molecular formula is C13H28NO2+. The van der Waals surface area contributed by atoms with E-state index in [0.717, 1.165) is 17.1 Å². The van der Waals surface area contributed by atoms with Crippen molar-refractivity contribution in [2.24, 2.45) is 0 Å². The van der Waals surface area contributed by atoms with E-state index in [1.165, 1.54) is 12.8 Å². The van der Waals surface area contributed by atoms with Crippen molar-refractivity contribution in [2.75, 3.05) is 34.4 Å². The lowest BCUT2D eigenvalue weighted by Crippen LogP contribution is -2.54. The van der Waals surface area contributed by atoms with Crippen LogP contribution in [0.15, 0.2) is 0 Å². The van der Waals surface area contributed by atoms with Crippen molar-refractivity contribution < 1.29 is 14.0 Å². The summed E-state index contributed by atoms with van der Waals surface area (Å²) in [6.07, 6.45) is 2.85. The van der Waals surface area contributed by atoms with Gasteiger partial charge in [-0.15, -0.1) is 0 Å². The van der Waals surface area contributed by atoms with Crippen LogP contribution >= 0.6 is 0 Å². The SMILES string of the molecule is CC(C)(C)OCCOC1CC([N+](C)(C)C)C1. The zero-order chi connectivity index (χ0) is 12.4. The maximum absolute atomic E-state index is 5.76. The first kappa shape index (κ1) is 13.9. The Balaban J connectivity index is 2.02. The predicted molar refractivity (Wildman–Crippen MR) is 66.5 cm³/mol. The molecule has 16 heavy (non-hydrogen) atoms. The fraction of sp³-hybridized carbons (Fsp3) is 1.00. The minimum Gasteiger partial charge on any atom is -0.375 e. The van der Waals surface area contributed by atoms with Gasteiger partial charge < -0.3 is 14.0 Å². The molecule has 0 aliphatic heterocycles. The molecule has 1 aliphatic rings. The first-order valence-electron chi connectivity index (χ1n) is 6.25. The van der Waals surface area contributed by atoms with Crippen LogP contribution < -0.4 is 0 Å². The summed E-state index contributed by atoms with van der Waals surface area (Å²) >= 11 is 0. The molecule has 0 aromatic heterocycles. The Morgan fingerprint density at radius 2 is 1.62 bits per heavy atom. The third-order valence-corrected chi connectivity index (χ3v) is 3.14. The van der Waals surface area contributed by atoms with E-state index in [9.17, 15) is 0 Å². The Morgan fingerprint density at radius 1 is 1.06 bits per heavy atom. The monoisotopic (exact) mass is 230 g/mol. The lowest BCUT2D eigenvalue weighted by molar-refractivity contribution is -0.903. The molecule has 1 rings (SSSR count). The van der Waals surface area contributed by atoms with Gasteiger partial charge in [-0.3, -0.25) is 0 Å². The lowest BCUT2D eigenvalue weighted by atomic mass is 9.87. The third kappa shape index (κ3) is 4.81. The van der Waals surface area contributed by atoms with Crippen LogP contribution in [-0.4, -0.2) is 56.6 Å². The van der Waals surface area contributed by atoms with E-state index in [1.54, 1.807) is 0 Å². The fourth-order valence-electron chi connectivity index (χ4n) is 1.87. The van der Waals surface area contributed by atoms with Gasteiger partial charge in [-0.1, -0.05) is 0 Å². The Bertz CT molecular complexity index is 209. The average molecular weight is 230 g/mol. The molecule has 0 amide bonds. The van der Waals surface area contributed by atoms with Gasteiger partial charge in [0.1, 0.15) is 0 Å². The molecule has 3 heteroatoms. The van der Waals surface area contributed by atoms with E-state index in [4.69, 9.17) is 9.47 Å². The summed E-state index contributed by atoms with van der Waals surface area (Å²) in [4.78, 5) is 0. The normalized spacial score (nSPS) is 26.6. The molecule has 0 bridgehead atoms. The molecule has 0 atom stereocenters. The quantitative estimate of drug-likeness (QED) is 0.531. The maximum Gasteiger partial charge on any atom is 0.0934 e. The van der Waals surface area contributed by atoms with Crippen LogP contribution in [-0.2, 0) is 9.47 Å². The fourth-order valence-corrected chi connectivity index (χ4v) is 1.87. The molecule has 0 saturated heterocycles. The standard InChI is InChI=1S/C13H28NO2/c1-13(2,3)16-8-7-15-12-9-11(10-12)14(4,5)6/h11-12H,7-10H2,1-6H3/q+1. The summed E-state index contributed by atoms with van der Waals surface area (Å²) in [5, 5.41) is 0. The van der Waals surface area contributed by atoms with Gasteiger partial charge in [0, 0.05) is 12.8 Å². The minimum atomic E-state index is -0.0478. The Kier molecular flexibility index (Phi) is 4.38. The van der Waals surface area contributed by atoms with Crippen LogP contribution in [0.25, 0.3) is 0 Å². The predicted octanol–water partition coefficient (Wildman–Crippen LogP) is 2.06. The van der Waals surface area contributed by atoms with Crippen LogP contribution in [0.3, 0.4) is 0 Å². The Labute approximate surface area is 100 Å². The maximum atomic E-state index is 5.76. The summed E-state index contributed by atoms with van der Waals surface area (Å²) < 4.78 is 12.4. The molecular weight excluding hydrogens is 202 g/mol. The average Bonchev–Trinajstić information content (AvgIpc) is 1.95. The highest BCUT2D eigenvalue weighted by molar-refractivity contribution is 4.81. The van der Waals surface area contributed by atoms with Crippen molar-refractivity contribution in [3.05, 3.63) is 0 Å². The number of rotatable bonds is 5. The van der Waals surface area contributed by atoms with Crippen LogP contribution in [0.4, 0.5) is 0 Å². The molecule has 0 radical (unpaired) electrons. The van der Waals surface area contributed by atoms with Gasteiger partial charge in [0.2, 0.25) is 0 Å². The Hall–Kier alpha value is -0.120. The molecule has 1 aliphatic carbocycles. The first-order chi connectivity index (χ1) is 7.18. The topological polar surface area (TPSA) is 18.5 Å². The molecule has 0 heterocycles. The zero-order valence-electron chi connectivity index (χ0n) is 11.7. The van der Waals surface area contributed by atoms with Crippen molar-refractivity contribution in [3.8, 4) is 0 Å². The van der Waals surface area contributed by atoms with Gasteiger partial charge in [-0.2, -0.15) is 0 Å². The molecule has 0 spiro atoms. The van der Waals surface area contributed by atoms with Gasteiger partial charge in [0.25, 0.3) is 0 Å². The highest BCUT2D eigenvalue weighted by Gasteiger charge is 2.38. The minimum absolute atomic E-state index is 0.0478. The van der Waals surface area contributed by atoms with E-state index in [0.29, 0.717) is 12.7 Å².